The second-order valence-corrected chi connectivity index (χ2v) is 5.81. The molecule has 1 atom stereocenters. The third-order valence-electron chi connectivity index (χ3n) is 3.54. The summed E-state index contributed by atoms with van der Waals surface area (Å²) in [6, 6.07) is 6.57. The van der Waals surface area contributed by atoms with Crippen LogP contribution in [0.25, 0.3) is 0 Å². The number of aryl methyl sites for hydroxylation is 1. The third kappa shape index (κ3) is 2.69. The average Bonchev–Trinajstić information content (AvgIpc) is 3.02. The van der Waals surface area contributed by atoms with E-state index in [4.69, 9.17) is 4.74 Å². The summed E-state index contributed by atoms with van der Waals surface area (Å²) in [4.78, 5) is 1.14. The minimum absolute atomic E-state index is 0.128. The molecule has 5 heteroatoms. The molecule has 0 aliphatic carbocycles. The lowest BCUT2D eigenvalue weighted by atomic mass is 9.97. The molecule has 1 aromatic carbocycles. The third-order valence-corrected chi connectivity index (χ3v) is 4.26. The molecule has 1 aliphatic heterocycles. The summed E-state index contributed by atoms with van der Waals surface area (Å²) >= 11 is 1.45. The minimum atomic E-state index is 0.128. The number of fused-ring (bicyclic) bond motifs is 1. The van der Waals surface area contributed by atoms with Gasteiger partial charge < -0.3 is 10.1 Å². The predicted octanol–water partition coefficient (Wildman–Crippen LogP) is 2.95. The van der Waals surface area contributed by atoms with E-state index in [1.807, 2.05) is 6.20 Å². The van der Waals surface area contributed by atoms with Crippen molar-refractivity contribution in [3.8, 4) is 5.75 Å². The minimum Gasteiger partial charge on any atom is -0.493 e. The Morgan fingerprint density at radius 1 is 1.45 bits per heavy atom. The molecule has 0 saturated heterocycles. The molecule has 0 radical (unpaired) electrons. The van der Waals surface area contributed by atoms with Crippen LogP contribution in [0.1, 0.15) is 41.8 Å². The van der Waals surface area contributed by atoms with Crippen molar-refractivity contribution in [1.29, 1.82) is 0 Å². The SMILES string of the molecule is CCCNC(c1cnns1)c1cccc2c1OCCC2. The van der Waals surface area contributed by atoms with Crippen molar-refractivity contribution in [2.75, 3.05) is 13.2 Å². The smallest absolute Gasteiger partial charge is 0.127 e. The van der Waals surface area contributed by atoms with Gasteiger partial charge in [-0.2, -0.15) is 0 Å². The zero-order valence-corrected chi connectivity index (χ0v) is 12.4. The number of rotatable bonds is 5. The van der Waals surface area contributed by atoms with E-state index >= 15 is 0 Å². The summed E-state index contributed by atoms with van der Waals surface area (Å²) in [5.74, 6) is 1.06. The number of nitrogens with zero attached hydrogens (tertiary/aromatic N) is 2. The van der Waals surface area contributed by atoms with E-state index in [9.17, 15) is 0 Å². The van der Waals surface area contributed by atoms with E-state index in [0.29, 0.717) is 0 Å². The van der Waals surface area contributed by atoms with Gasteiger partial charge in [-0.15, -0.1) is 5.10 Å². The fourth-order valence-corrected chi connectivity index (χ4v) is 3.19. The van der Waals surface area contributed by atoms with Crippen LogP contribution < -0.4 is 10.1 Å². The van der Waals surface area contributed by atoms with Crippen LogP contribution in [0.2, 0.25) is 0 Å². The van der Waals surface area contributed by atoms with Crippen molar-refractivity contribution in [2.45, 2.75) is 32.2 Å². The first-order chi connectivity index (χ1) is 9.90. The first-order valence-corrected chi connectivity index (χ1v) is 7.92. The molecular weight excluding hydrogens is 270 g/mol. The summed E-state index contributed by atoms with van der Waals surface area (Å²) < 4.78 is 9.94. The Balaban J connectivity index is 1.98. The lowest BCUT2D eigenvalue weighted by molar-refractivity contribution is 0.283. The average molecular weight is 289 g/mol. The number of aromatic nitrogens is 2. The Labute approximate surface area is 123 Å². The molecule has 1 aliphatic rings. The van der Waals surface area contributed by atoms with Crippen LogP contribution in [-0.4, -0.2) is 22.7 Å². The normalized spacial score (nSPS) is 15.4. The van der Waals surface area contributed by atoms with Crippen LogP contribution in [0.5, 0.6) is 5.75 Å². The van der Waals surface area contributed by atoms with Crippen LogP contribution in [-0.2, 0) is 6.42 Å². The maximum Gasteiger partial charge on any atom is 0.127 e. The molecule has 0 spiro atoms. The van der Waals surface area contributed by atoms with E-state index in [2.05, 4.69) is 40.0 Å². The Bertz CT molecular complexity index is 556. The highest BCUT2D eigenvalue weighted by Gasteiger charge is 2.23. The molecular formula is C15H19N3OS. The number of hydrogen-bond donors (Lipinski definition) is 1. The van der Waals surface area contributed by atoms with Gasteiger partial charge in [0.05, 0.1) is 23.7 Å². The van der Waals surface area contributed by atoms with Crippen LogP contribution in [0, 0.1) is 0 Å². The van der Waals surface area contributed by atoms with Crippen LogP contribution >= 0.6 is 11.5 Å². The van der Waals surface area contributed by atoms with Gasteiger partial charge in [-0.3, -0.25) is 0 Å². The Kier molecular flexibility index (Phi) is 4.28. The molecule has 1 unspecified atom stereocenters. The first-order valence-electron chi connectivity index (χ1n) is 7.15. The van der Waals surface area contributed by atoms with Gasteiger partial charge in [-0.1, -0.05) is 29.6 Å². The number of benzene rings is 1. The molecule has 0 bridgehead atoms. The van der Waals surface area contributed by atoms with Crippen molar-refractivity contribution in [3.63, 3.8) is 0 Å². The molecule has 0 fully saturated rings. The monoisotopic (exact) mass is 289 g/mol. The summed E-state index contributed by atoms with van der Waals surface area (Å²) in [5, 5.41) is 7.57. The van der Waals surface area contributed by atoms with Gasteiger partial charge in [0.25, 0.3) is 0 Å². The van der Waals surface area contributed by atoms with Gasteiger partial charge in [-0.05, 0) is 42.9 Å². The van der Waals surface area contributed by atoms with Crippen LogP contribution in [0.4, 0.5) is 0 Å². The Morgan fingerprint density at radius 3 is 3.20 bits per heavy atom. The van der Waals surface area contributed by atoms with E-state index in [1.54, 1.807) is 0 Å². The molecule has 0 amide bonds. The van der Waals surface area contributed by atoms with E-state index in [0.717, 1.165) is 43.0 Å². The summed E-state index contributed by atoms with van der Waals surface area (Å²) in [5.41, 5.74) is 2.52. The van der Waals surface area contributed by atoms with E-state index in [1.165, 1.54) is 22.7 Å². The van der Waals surface area contributed by atoms with Gasteiger partial charge in [0, 0.05) is 5.56 Å². The van der Waals surface area contributed by atoms with Crippen molar-refractivity contribution in [2.24, 2.45) is 0 Å². The molecule has 20 heavy (non-hydrogen) atoms. The van der Waals surface area contributed by atoms with Crippen LogP contribution in [0.15, 0.2) is 24.4 Å². The highest BCUT2D eigenvalue weighted by Crippen LogP contribution is 2.36. The zero-order valence-electron chi connectivity index (χ0n) is 11.6. The Hall–Kier alpha value is -1.46. The Morgan fingerprint density at radius 2 is 2.40 bits per heavy atom. The number of para-hydroxylation sites is 1. The first kappa shape index (κ1) is 13.5. The summed E-state index contributed by atoms with van der Waals surface area (Å²) in [6.07, 6.45) is 5.15. The molecule has 4 nitrogen and oxygen atoms in total. The molecule has 1 aromatic heterocycles. The fraction of sp³-hybridized carbons (Fsp3) is 0.467. The largest absolute Gasteiger partial charge is 0.493 e. The zero-order chi connectivity index (χ0) is 13.8. The van der Waals surface area contributed by atoms with E-state index in [-0.39, 0.29) is 6.04 Å². The highest BCUT2D eigenvalue weighted by molar-refractivity contribution is 7.05. The quantitative estimate of drug-likeness (QED) is 0.919. The molecule has 2 aromatic rings. The lowest BCUT2D eigenvalue weighted by Gasteiger charge is -2.25. The second kappa shape index (κ2) is 6.33. The second-order valence-electron chi connectivity index (χ2n) is 4.99. The van der Waals surface area contributed by atoms with Gasteiger partial charge in [0.15, 0.2) is 0 Å². The molecule has 3 rings (SSSR count). The molecule has 2 heterocycles. The van der Waals surface area contributed by atoms with Crippen molar-refractivity contribution >= 4 is 11.5 Å². The molecule has 0 saturated carbocycles. The van der Waals surface area contributed by atoms with E-state index < -0.39 is 0 Å². The topological polar surface area (TPSA) is 47.0 Å². The highest BCUT2D eigenvalue weighted by atomic mass is 32.1. The van der Waals surface area contributed by atoms with Crippen LogP contribution in [0.3, 0.4) is 0 Å². The summed E-state index contributed by atoms with van der Waals surface area (Å²) in [7, 11) is 0. The maximum absolute atomic E-state index is 5.94. The molecule has 1 N–H and O–H groups in total. The number of nitrogens with one attached hydrogen (secondary N) is 1. The summed E-state index contributed by atoms with van der Waals surface area (Å²) in [6.45, 7) is 3.95. The van der Waals surface area contributed by atoms with Gasteiger partial charge in [-0.25, -0.2) is 0 Å². The van der Waals surface area contributed by atoms with Gasteiger partial charge >= 0.3 is 0 Å². The fourth-order valence-electron chi connectivity index (χ4n) is 2.60. The number of ether oxygens (including phenoxy) is 1. The predicted molar refractivity (Wildman–Crippen MR) is 80.3 cm³/mol. The van der Waals surface area contributed by atoms with Crippen molar-refractivity contribution in [1.82, 2.24) is 14.9 Å². The number of hydrogen-bond acceptors (Lipinski definition) is 5. The lowest BCUT2D eigenvalue weighted by Crippen LogP contribution is -2.24. The van der Waals surface area contributed by atoms with Gasteiger partial charge in [0.2, 0.25) is 0 Å². The van der Waals surface area contributed by atoms with Crippen molar-refractivity contribution in [3.05, 3.63) is 40.4 Å². The molecule has 106 valence electrons. The van der Waals surface area contributed by atoms with Gasteiger partial charge in [0.1, 0.15) is 5.75 Å². The maximum atomic E-state index is 5.94. The standard InChI is InChI=1S/C15H19N3OS/c1-2-8-16-14(13-10-17-18-20-13)12-7-3-5-11-6-4-9-19-15(11)12/h3,5,7,10,14,16H,2,4,6,8-9H2,1H3. The van der Waals surface area contributed by atoms with Crippen molar-refractivity contribution < 1.29 is 4.74 Å².